The number of likely N-dealkylation sites (N-methyl/N-ethyl adjacent to an activating group) is 1. The maximum atomic E-state index is 13.5. The lowest BCUT2D eigenvalue weighted by Gasteiger charge is -2.30. The Morgan fingerprint density at radius 1 is 0.507 bits per heavy atom. The van der Waals surface area contributed by atoms with Gasteiger partial charge in [-0.25, -0.2) is 0 Å². The lowest BCUT2D eigenvalue weighted by atomic mass is 10.1. The maximum Gasteiger partial charge on any atom is 0.306 e. The van der Waals surface area contributed by atoms with Gasteiger partial charge in [-0.15, -0.1) is 0 Å². The van der Waals surface area contributed by atoms with E-state index < -0.39 is 26.6 Å². The monoisotopic (exact) mass is 987 g/mol. The lowest BCUT2D eigenvalue weighted by Crippen LogP contribution is -2.47. The molecule has 0 bridgehead atoms. The second kappa shape index (κ2) is 49.0. The van der Waals surface area contributed by atoms with Crippen LogP contribution in [0.5, 0.6) is 0 Å². The molecule has 69 heavy (non-hydrogen) atoms. The van der Waals surface area contributed by atoms with Gasteiger partial charge < -0.3 is 28.5 Å². The molecular weight excluding hydrogens is 880 g/mol. The Hall–Kier alpha value is -2.55. The van der Waals surface area contributed by atoms with Crippen LogP contribution in [0.2, 0.25) is 0 Å². The summed E-state index contributed by atoms with van der Waals surface area (Å²) < 4.78 is 30.1. The van der Waals surface area contributed by atoms with Crippen molar-refractivity contribution in [2.24, 2.45) is 0 Å². The van der Waals surface area contributed by atoms with Gasteiger partial charge in [0, 0.05) is 12.8 Å². The summed E-state index contributed by atoms with van der Waals surface area (Å²) in [5.74, 6) is -0.577. The number of phosphoric acid groups is 1. The van der Waals surface area contributed by atoms with Crippen molar-refractivity contribution in [3.05, 3.63) is 72.9 Å². The average molecular weight is 987 g/mol. The minimum Gasteiger partial charge on any atom is -0.756 e. The molecule has 1 amide bonds. The molecule has 0 saturated heterocycles. The molecule has 0 radical (unpaired) electrons. The van der Waals surface area contributed by atoms with Crippen molar-refractivity contribution < 1.29 is 37.3 Å². The Morgan fingerprint density at radius 3 is 1.41 bits per heavy atom. The Balaban J connectivity index is 5.30. The van der Waals surface area contributed by atoms with E-state index in [4.69, 9.17) is 13.8 Å². The molecule has 9 nitrogen and oxygen atoms in total. The van der Waals surface area contributed by atoms with Gasteiger partial charge >= 0.3 is 5.97 Å². The molecule has 400 valence electrons. The van der Waals surface area contributed by atoms with Crippen LogP contribution < -0.4 is 10.2 Å². The van der Waals surface area contributed by atoms with Gasteiger partial charge in [0.25, 0.3) is 7.82 Å². The summed E-state index contributed by atoms with van der Waals surface area (Å²) in [6.45, 7) is 6.73. The van der Waals surface area contributed by atoms with E-state index in [0.29, 0.717) is 30.3 Å². The van der Waals surface area contributed by atoms with Crippen molar-refractivity contribution in [2.45, 2.75) is 251 Å². The Kier molecular flexibility index (Phi) is 47.2. The van der Waals surface area contributed by atoms with Gasteiger partial charge in [0.2, 0.25) is 5.91 Å². The first-order valence-corrected chi connectivity index (χ1v) is 29.7. The molecule has 0 spiro atoms. The Labute approximate surface area is 425 Å². The van der Waals surface area contributed by atoms with E-state index in [2.05, 4.69) is 86.8 Å². The number of allylic oxidation sites excluding steroid dienone is 11. The van der Waals surface area contributed by atoms with Crippen LogP contribution in [-0.2, 0) is 27.9 Å². The quantitative estimate of drug-likeness (QED) is 0.0212. The van der Waals surface area contributed by atoms with Gasteiger partial charge in [-0.1, -0.05) is 203 Å². The van der Waals surface area contributed by atoms with Crippen molar-refractivity contribution >= 4 is 19.7 Å². The van der Waals surface area contributed by atoms with Crippen LogP contribution in [0, 0.1) is 0 Å². The molecule has 0 rings (SSSR count). The van der Waals surface area contributed by atoms with Crippen LogP contribution in [0.3, 0.4) is 0 Å². The van der Waals surface area contributed by atoms with Crippen molar-refractivity contribution in [3.8, 4) is 0 Å². The summed E-state index contributed by atoms with van der Waals surface area (Å²) in [6, 6.07) is -0.902. The van der Waals surface area contributed by atoms with Gasteiger partial charge in [-0.3, -0.25) is 14.2 Å². The predicted octanol–water partition coefficient (Wildman–Crippen LogP) is 16.3. The second-order valence-corrected chi connectivity index (χ2v) is 21.5. The number of carbonyl (C=O) groups excluding carboxylic acids is 2. The number of amides is 1. The number of nitrogens with one attached hydrogen (secondary N) is 1. The summed E-state index contributed by atoms with van der Waals surface area (Å²) in [6.07, 6.45) is 61.5. The molecule has 3 atom stereocenters. The van der Waals surface area contributed by atoms with E-state index in [1.165, 1.54) is 83.5 Å². The standard InChI is InChI=1S/C59H107N2O7P/c1-7-10-13-16-19-22-25-26-27-28-29-30-31-32-33-34-37-39-42-45-48-51-58(62)60-56(55-67-69(64,65)66-54-53-61(4,5)6)57(50-47-44-41-38-35-23-20-17-14-11-8-2)68-59(63)52-49-46-43-40-36-24-21-18-15-12-9-3/h18-19,21-22,26-27,29-30,32-33,47,50,56-57H,7-17,20,23-25,28,31,34-46,48-49,51-55H2,1-6H3,(H-,60,62,64,65)/b21-18-,22-19-,27-26-,30-29-,33-32-,50-47-. The molecule has 0 heterocycles. The fraction of sp³-hybridized carbons (Fsp3) is 0.763. The number of esters is 1. The van der Waals surface area contributed by atoms with Gasteiger partial charge in [0.1, 0.15) is 19.3 Å². The Bertz CT molecular complexity index is 1420. The summed E-state index contributed by atoms with van der Waals surface area (Å²) in [5.41, 5.74) is 0. The zero-order valence-electron chi connectivity index (χ0n) is 45.5. The molecule has 0 saturated carbocycles. The first-order valence-electron chi connectivity index (χ1n) is 28.2. The topological polar surface area (TPSA) is 114 Å². The van der Waals surface area contributed by atoms with Crippen molar-refractivity contribution in [1.82, 2.24) is 5.32 Å². The van der Waals surface area contributed by atoms with Gasteiger partial charge in [0.05, 0.1) is 33.8 Å². The minimum absolute atomic E-state index is 0.0302. The first-order chi connectivity index (χ1) is 33.4. The van der Waals surface area contributed by atoms with Crippen molar-refractivity contribution in [3.63, 3.8) is 0 Å². The van der Waals surface area contributed by atoms with Gasteiger partial charge in [0.15, 0.2) is 0 Å². The largest absolute Gasteiger partial charge is 0.756 e. The lowest BCUT2D eigenvalue weighted by molar-refractivity contribution is -0.870. The number of quaternary nitrogens is 1. The van der Waals surface area contributed by atoms with E-state index in [1.54, 1.807) is 0 Å². The molecule has 3 unspecified atom stereocenters. The molecule has 0 aromatic heterocycles. The molecule has 0 aromatic rings. The molecule has 0 aliphatic carbocycles. The third-order valence-electron chi connectivity index (χ3n) is 12.1. The zero-order chi connectivity index (χ0) is 50.8. The molecular formula is C59H107N2O7P. The number of carbonyl (C=O) groups is 2. The van der Waals surface area contributed by atoms with Gasteiger partial charge in [-0.05, 0) is 96.0 Å². The van der Waals surface area contributed by atoms with Gasteiger partial charge in [-0.2, -0.15) is 0 Å². The third kappa shape index (κ3) is 50.2. The average Bonchev–Trinajstić information content (AvgIpc) is 3.31. The summed E-state index contributed by atoms with van der Waals surface area (Å²) >= 11 is 0. The third-order valence-corrected chi connectivity index (χ3v) is 13.1. The summed E-state index contributed by atoms with van der Waals surface area (Å²) in [7, 11) is 1.16. The molecule has 0 aromatic carbocycles. The number of ether oxygens (including phenoxy) is 1. The minimum atomic E-state index is -4.70. The molecule has 0 aliphatic rings. The maximum absolute atomic E-state index is 13.5. The van der Waals surface area contributed by atoms with E-state index in [1.807, 2.05) is 33.3 Å². The second-order valence-electron chi connectivity index (χ2n) is 20.1. The number of nitrogens with zero attached hydrogens (tertiary/aromatic N) is 1. The smallest absolute Gasteiger partial charge is 0.306 e. The highest BCUT2D eigenvalue weighted by molar-refractivity contribution is 7.45. The van der Waals surface area contributed by atoms with E-state index in [9.17, 15) is 19.0 Å². The number of rotatable bonds is 50. The summed E-state index contributed by atoms with van der Waals surface area (Å²) in [5, 5.41) is 3.00. The van der Waals surface area contributed by atoms with Crippen LogP contribution in [0.4, 0.5) is 0 Å². The fourth-order valence-electron chi connectivity index (χ4n) is 7.66. The number of hydrogen-bond acceptors (Lipinski definition) is 7. The highest BCUT2D eigenvalue weighted by Gasteiger charge is 2.27. The van der Waals surface area contributed by atoms with Crippen LogP contribution in [0.25, 0.3) is 0 Å². The normalized spacial score (nSPS) is 14.4. The van der Waals surface area contributed by atoms with E-state index in [-0.39, 0.29) is 24.9 Å². The molecule has 0 fully saturated rings. The number of unbranched alkanes of at least 4 members (excludes halogenated alkanes) is 24. The highest BCUT2D eigenvalue weighted by Crippen LogP contribution is 2.38. The van der Waals surface area contributed by atoms with E-state index >= 15 is 0 Å². The Morgan fingerprint density at radius 2 is 0.899 bits per heavy atom. The highest BCUT2D eigenvalue weighted by atomic mass is 31.2. The predicted molar refractivity (Wildman–Crippen MR) is 293 cm³/mol. The van der Waals surface area contributed by atoms with Crippen LogP contribution in [-0.4, -0.2) is 69.4 Å². The molecule has 1 N–H and O–H groups in total. The first kappa shape index (κ1) is 66.5. The number of hydrogen-bond donors (Lipinski definition) is 1. The SMILES string of the molecule is CCCC/C=C\CCCCCCCC(=O)OC(/C=C\CCCCCCCCCCC)C(COP(=O)([O-])OCC[N+](C)(C)C)NC(=O)CCCCCCC/C=C\C/C=C\C/C=C\C/C=C\CCCCC. The number of phosphoric ester groups is 1. The van der Waals surface area contributed by atoms with Crippen molar-refractivity contribution in [1.29, 1.82) is 0 Å². The molecule has 0 aliphatic heterocycles. The van der Waals surface area contributed by atoms with Crippen LogP contribution in [0.1, 0.15) is 239 Å². The fourth-order valence-corrected chi connectivity index (χ4v) is 8.38. The van der Waals surface area contributed by atoms with E-state index in [0.717, 1.165) is 109 Å². The van der Waals surface area contributed by atoms with Crippen molar-refractivity contribution in [2.75, 3.05) is 40.9 Å². The summed E-state index contributed by atoms with van der Waals surface area (Å²) in [4.78, 5) is 39.7. The zero-order valence-corrected chi connectivity index (χ0v) is 46.4. The van der Waals surface area contributed by atoms with Crippen LogP contribution >= 0.6 is 7.82 Å². The van der Waals surface area contributed by atoms with Crippen LogP contribution in [0.15, 0.2) is 72.9 Å². The molecule has 10 heteroatoms.